The summed E-state index contributed by atoms with van der Waals surface area (Å²) in [5, 5.41) is 31.5. The van der Waals surface area contributed by atoms with Gasteiger partial charge in [-0.3, -0.25) is 14.4 Å². The number of allylic oxidation sites excluding steroid dienone is 25. The maximum atomic E-state index is 13.1. The molecule has 0 aliphatic carbocycles. The van der Waals surface area contributed by atoms with Crippen molar-refractivity contribution in [3.8, 4) is 0 Å². The van der Waals surface area contributed by atoms with Crippen molar-refractivity contribution in [2.75, 3.05) is 13.2 Å². The van der Waals surface area contributed by atoms with Gasteiger partial charge in [0.1, 0.15) is 18.8 Å². The Morgan fingerprint density at radius 3 is 1.19 bits per heavy atom. The Morgan fingerprint density at radius 2 is 0.778 bits per heavy atom. The first-order valence-electron chi connectivity index (χ1n) is 30.5. The Morgan fingerprint density at radius 1 is 0.420 bits per heavy atom. The van der Waals surface area contributed by atoms with Crippen LogP contribution in [-0.2, 0) is 42.9 Å². The molecule has 0 saturated carbocycles. The molecule has 0 aromatic heterocycles. The zero-order valence-electron chi connectivity index (χ0n) is 49.7. The summed E-state index contributed by atoms with van der Waals surface area (Å²) in [5.41, 5.74) is 0. The van der Waals surface area contributed by atoms with Crippen molar-refractivity contribution < 1.29 is 58.2 Å². The van der Waals surface area contributed by atoms with E-state index in [1.165, 1.54) is 0 Å². The molecule has 0 aromatic rings. The lowest BCUT2D eigenvalue weighted by Gasteiger charge is -2.40. The largest absolute Gasteiger partial charge is 0.479 e. The maximum Gasteiger partial charge on any atom is 0.335 e. The molecule has 0 amide bonds. The summed E-state index contributed by atoms with van der Waals surface area (Å²) < 4.78 is 28.3. The van der Waals surface area contributed by atoms with E-state index >= 15 is 0 Å². The first kappa shape index (κ1) is 73.4. The fourth-order valence-electron chi connectivity index (χ4n) is 8.07. The van der Waals surface area contributed by atoms with E-state index in [1.807, 2.05) is 18.2 Å². The molecule has 1 rings (SSSR count). The molecule has 1 saturated heterocycles. The molecular formula is C69H104O12. The van der Waals surface area contributed by atoms with E-state index in [0.29, 0.717) is 19.3 Å². The summed E-state index contributed by atoms with van der Waals surface area (Å²) in [6.45, 7) is 5.53. The summed E-state index contributed by atoms with van der Waals surface area (Å²) in [4.78, 5) is 51.2. The average molecular weight is 1130 g/mol. The average Bonchev–Trinajstić information content (AvgIpc) is 3.52. The van der Waals surface area contributed by atoms with Gasteiger partial charge in [-0.25, -0.2) is 4.79 Å². The molecule has 81 heavy (non-hydrogen) atoms. The molecule has 1 aliphatic rings. The predicted molar refractivity (Wildman–Crippen MR) is 330 cm³/mol. The minimum Gasteiger partial charge on any atom is -0.479 e. The molecule has 0 aromatic carbocycles. The Balaban J connectivity index is 2.76. The van der Waals surface area contributed by atoms with Gasteiger partial charge in [0.15, 0.2) is 24.6 Å². The first-order valence-corrected chi connectivity index (χ1v) is 30.5. The molecule has 452 valence electrons. The fourth-order valence-corrected chi connectivity index (χ4v) is 8.07. The minimum atomic E-state index is -1.94. The second kappa shape index (κ2) is 54.9. The molecular weight excluding hydrogens is 1020 g/mol. The fraction of sp³-hybridized carbons (Fsp3) is 0.565. The van der Waals surface area contributed by atoms with E-state index in [2.05, 4.69) is 154 Å². The molecule has 6 atom stereocenters. The summed E-state index contributed by atoms with van der Waals surface area (Å²) in [6, 6.07) is 0. The van der Waals surface area contributed by atoms with Crippen LogP contribution in [0.2, 0.25) is 0 Å². The third-order valence-electron chi connectivity index (χ3n) is 12.6. The van der Waals surface area contributed by atoms with E-state index in [0.717, 1.165) is 141 Å². The van der Waals surface area contributed by atoms with Crippen molar-refractivity contribution in [1.29, 1.82) is 0 Å². The third kappa shape index (κ3) is 44.7. The van der Waals surface area contributed by atoms with Crippen molar-refractivity contribution in [2.24, 2.45) is 0 Å². The van der Waals surface area contributed by atoms with Crippen LogP contribution in [0.15, 0.2) is 158 Å². The van der Waals surface area contributed by atoms with E-state index < -0.39 is 67.3 Å². The zero-order valence-corrected chi connectivity index (χ0v) is 49.7. The van der Waals surface area contributed by atoms with E-state index in [9.17, 15) is 34.5 Å². The van der Waals surface area contributed by atoms with Crippen LogP contribution < -0.4 is 0 Å². The second-order valence-electron chi connectivity index (χ2n) is 19.9. The van der Waals surface area contributed by atoms with E-state index in [1.54, 1.807) is 6.08 Å². The molecule has 0 radical (unpaired) electrons. The zero-order chi connectivity index (χ0) is 58.9. The monoisotopic (exact) mass is 1120 g/mol. The van der Waals surface area contributed by atoms with Crippen LogP contribution in [-0.4, -0.2) is 89.2 Å². The standard InChI is InChI=1S/C69H104O12/c1-4-7-10-13-16-19-22-25-28-30-31-33-36-39-42-45-48-51-54-57-63(72)80-67-65(74)64(73)66(68(75)76)81-69(67)78-59-60(79-62(71)56-53-50-47-44-41-38-34-27-24-21-18-15-12-9-6-3)58-77-61(70)55-52-49-46-43-40-37-35-32-29-26-23-20-17-14-11-8-5-2/h7-12,16-21,25-29,31,33-35,37,41,44,50,53,60,64-67,69,73-74H,4-6,13-15,22-24,30,32,36,38-40,42-43,45-49,51-52,54-59H2,1-3H3,(H,75,76)/b10-7-,11-8-,12-9-,19-16-,20-17-,21-18-,28-25-,29-26-,33-31-,34-27-,37-35-,44-41-,53-50-. The quantitative estimate of drug-likeness (QED) is 0.0228. The topological polar surface area (TPSA) is 175 Å². The number of unbranched alkanes of at least 4 members (excludes halogenated alkanes) is 10. The van der Waals surface area contributed by atoms with Crippen molar-refractivity contribution in [2.45, 2.75) is 237 Å². The van der Waals surface area contributed by atoms with Crippen molar-refractivity contribution in [3.63, 3.8) is 0 Å². The van der Waals surface area contributed by atoms with Crippen LogP contribution in [0.25, 0.3) is 0 Å². The number of ether oxygens (including phenoxy) is 5. The highest BCUT2D eigenvalue weighted by atomic mass is 16.7. The number of aliphatic hydroxyl groups excluding tert-OH is 2. The Kier molecular flexibility index (Phi) is 49.7. The number of carboxylic acids is 1. The van der Waals surface area contributed by atoms with Gasteiger partial charge in [0.2, 0.25) is 0 Å². The van der Waals surface area contributed by atoms with Crippen molar-refractivity contribution in [1.82, 2.24) is 0 Å². The summed E-state index contributed by atoms with van der Waals surface area (Å²) in [6.07, 6.45) is 68.0. The lowest BCUT2D eigenvalue weighted by molar-refractivity contribution is -0.301. The third-order valence-corrected chi connectivity index (χ3v) is 12.6. The van der Waals surface area contributed by atoms with Crippen LogP contribution in [0.3, 0.4) is 0 Å². The van der Waals surface area contributed by atoms with E-state index in [4.69, 9.17) is 23.7 Å². The highest BCUT2D eigenvalue weighted by Gasteiger charge is 2.50. The highest BCUT2D eigenvalue weighted by Crippen LogP contribution is 2.26. The number of carbonyl (C=O) groups is 4. The van der Waals surface area contributed by atoms with Crippen molar-refractivity contribution in [3.05, 3.63) is 158 Å². The molecule has 1 heterocycles. The highest BCUT2D eigenvalue weighted by molar-refractivity contribution is 5.74. The number of hydrogen-bond acceptors (Lipinski definition) is 11. The minimum absolute atomic E-state index is 0.0215. The smallest absolute Gasteiger partial charge is 0.335 e. The van der Waals surface area contributed by atoms with Gasteiger partial charge in [-0.2, -0.15) is 0 Å². The van der Waals surface area contributed by atoms with Gasteiger partial charge in [-0.15, -0.1) is 0 Å². The van der Waals surface area contributed by atoms with Crippen LogP contribution in [0.4, 0.5) is 0 Å². The lowest BCUT2D eigenvalue weighted by Crippen LogP contribution is -2.61. The molecule has 0 bridgehead atoms. The molecule has 0 spiro atoms. The van der Waals surface area contributed by atoms with Gasteiger partial charge < -0.3 is 39.0 Å². The Hall–Kier alpha value is -5.66. The molecule has 1 aliphatic heterocycles. The SMILES string of the molecule is CC/C=C\C/C=C\C/C=C\C/C=C\C/C=C\CC(=O)OC(COC(=O)CCCCCC/C=C\C/C=C\C/C=C\C/C=C\CC)COC1OC(C(=O)O)C(O)C(O)C1OC(=O)CCCCCCCC/C=C\C/C=C\C/C=C\C/C=C\CC. The number of carbonyl (C=O) groups excluding carboxylic acids is 3. The van der Waals surface area contributed by atoms with Gasteiger partial charge in [0, 0.05) is 12.8 Å². The van der Waals surface area contributed by atoms with Gasteiger partial charge in [-0.05, 0) is 122 Å². The van der Waals surface area contributed by atoms with Crippen LogP contribution in [0.5, 0.6) is 0 Å². The summed E-state index contributed by atoms with van der Waals surface area (Å²) >= 11 is 0. The number of aliphatic carboxylic acids is 1. The molecule has 3 N–H and O–H groups in total. The number of hydrogen-bond donors (Lipinski definition) is 3. The van der Waals surface area contributed by atoms with Gasteiger partial charge in [0.05, 0.1) is 13.0 Å². The molecule has 1 fully saturated rings. The second-order valence-corrected chi connectivity index (χ2v) is 19.9. The predicted octanol–water partition coefficient (Wildman–Crippen LogP) is 16.1. The van der Waals surface area contributed by atoms with E-state index in [-0.39, 0.29) is 25.9 Å². The van der Waals surface area contributed by atoms with Crippen LogP contribution >= 0.6 is 0 Å². The number of rotatable bonds is 49. The summed E-state index contributed by atoms with van der Waals surface area (Å²) in [5.74, 6) is -3.37. The van der Waals surface area contributed by atoms with Crippen LogP contribution in [0, 0.1) is 0 Å². The lowest BCUT2D eigenvalue weighted by atomic mass is 9.98. The number of aliphatic hydroxyl groups is 2. The first-order chi connectivity index (χ1) is 39.6. The molecule has 12 nitrogen and oxygen atoms in total. The normalized spacial score (nSPS) is 18.9. The molecule has 6 unspecified atom stereocenters. The van der Waals surface area contributed by atoms with Gasteiger partial charge in [0.25, 0.3) is 0 Å². The van der Waals surface area contributed by atoms with Crippen molar-refractivity contribution >= 4 is 23.9 Å². The number of carboxylic acid groups (broad SMARTS) is 1. The van der Waals surface area contributed by atoms with Crippen LogP contribution in [0.1, 0.15) is 201 Å². The molecule has 12 heteroatoms. The Labute approximate surface area is 488 Å². The van der Waals surface area contributed by atoms with Gasteiger partial charge in [-0.1, -0.05) is 217 Å². The van der Waals surface area contributed by atoms with Gasteiger partial charge >= 0.3 is 23.9 Å². The maximum absolute atomic E-state index is 13.1. The summed E-state index contributed by atoms with van der Waals surface area (Å²) in [7, 11) is 0. The Bertz CT molecular complexity index is 2010. The number of esters is 3.